The van der Waals surface area contributed by atoms with Crippen LogP contribution in [0.15, 0.2) is 29.3 Å². The number of nitrogens with two attached hydrogens (primary N) is 2. The van der Waals surface area contributed by atoms with Crippen molar-refractivity contribution in [1.82, 2.24) is 5.01 Å². The second-order valence-corrected chi connectivity index (χ2v) is 2.73. The second-order valence-electron chi connectivity index (χ2n) is 2.73. The van der Waals surface area contributed by atoms with E-state index in [1.807, 2.05) is 24.3 Å². The van der Waals surface area contributed by atoms with E-state index in [2.05, 4.69) is 4.99 Å². The molecule has 0 amide bonds. The van der Waals surface area contributed by atoms with Crippen LogP contribution in [0.25, 0.3) is 0 Å². The average molecular weight is 162 g/mol. The largest absolute Gasteiger partial charge is 0.368 e. The molecule has 1 heterocycles. The number of fused-ring (bicyclic) bond motifs is 1. The van der Waals surface area contributed by atoms with E-state index in [-0.39, 0.29) is 0 Å². The monoisotopic (exact) mass is 162 g/mol. The first-order chi connectivity index (χ1) is 5.77. The Kier molecular flexibility index (Phi) is 1.48. The number of nitrogens with zero attached hydrogens (tertiary/aromatic N) is 2. The topological polar surface area (TPSA) is 67.6 Å². The summed E-state index contributed by atoms with van der Waals surface area (Å²) in [5.41, 5.74) is 7.56. The summed E-state index contributed by atoms with van der Waals surface area (Å²) >= 11 is 0. The summed E-state index contributed by atoms with van der Waals surface area (Å²) in [6, 6.07) is 7.81. The molecule has 0 aromatic heterocycles. The molecule has 0 unspecified atom stereocenters. The maximum Gasteiger partial charge on any atom is 0.211 e. The molecule has 0 saturated heterocycles. The van der Waals surface area contributed by atoms with Gasteiger partial charge >= 0.3 is 0 Å². The third-order valence-corrected chi connectivity index (χ3v) is 1.86. The van der Waals surface area contributed by atoms with Crippen molar-refractivity contribution >= 4 is 11.6 Å². The van der Waals surface area contributed by atoms with Crippen molar-refractivity contribution in [2.45, 2.75) is 6.54 Å². The van der Waals surface area contributed by atoms with E-state index < -0.39 is 0 Å². The predicted octanol–water partition coefficient (Wildman–Crippen LogP) is 0.322. The highest BCUT2D eigenvalue weighted by atomic mass is 15.5. The zero-order chi connectivity index (χ0) is 8.55. The molecule has 0 saturated carbocycles. The van der Waals surface area contributed by atoms with Gasteiger partial charge < -0.3 is 5.73 Å². The van der Waals surface area contributed by atoms with Gasteiger partial charge in [0, 0.05) is 0 Å². The quantitative estimate of drug-likeness (QED) is 0.540. The lowest BCUT2D eigenvalue weighted by Crippen LogP contribution is -2.43. The lowest BCUT2D eigenvalue weighted by molar-refractivity contribution is 0.423. The molecule has 2 rings (SSSR count). The highest BCUT2D eigenvalue weighted by Crippen LogP contribution is 2.22. The fourth-order valence-electron chi connectivity index (χ4n) is 1.21. The Labute approximate surface area is 70.5 Å². The van der Waals surface area contributed by atoms with Crippen molar-refractivity contribution < 1.29 is 0 Å². The molecule has 1 aliphatic rings. The Morgan fingerprint density at radius 1 is 1.33 bits per heavy atom. The van der Waals surface area contributed by atoms with Gasteiger partial charge in [0.2, 0.25) is 5.96 Å². The number of aliphatic imine (C=N–C) groups is 1. The minimum atomic E-state index is 0.369. The van der Waals surface area contributed by atoms with Crippen molar-refractivity contribution in [1.29, 1.82) is 0 Å². The molecule has 0 radical (unpaired) electrons. The highest BCUT2D eigenvalue weighted by molar-refractivity contribution is 5.82. The molecule has 0 bridgehead atoms. The molecule has 0 fully saturated rings. The van der Waals surface area contributed by atoms with Crippen LogP contribution in [0.2, 0.25) is 0 Å². The summed E-state index contributed by atoms with van der Waals surface area (Å²) in [4.78, 5) is 4.12. The van der Waals surface area contributed by atoms with Crippen molar-refractivity contribution in [3.8, 4) is 0 Å². The Hall–Kier alpha value is -1.55. The zero-order valence-corrected chi connectivity index (χ0v) is 6.57. The zero-order valence-electron chi connectivity index (χ0n) is 6.57. The van der Waals surface area contributed by atoms with Crippen molar-refractivity contribution in [2.75, 3.05) is 0 Å². The molecular weight excluding hydrogens is 152 g/mol. The molecular formula is C8H10N4. The number of benzene rings is 1. The SMILES string of the molecule is NC1=Nc2ccccc2CN1N. The predicted molar refractivity (Wildman–Crippen MR) is 47.5 cm³/mol. The third kappa shape index (κ3) is 1.02. The fourth-order valence-corrected chi connectivity index (χ4v) is 1.21. The number of hydrogen-bond donors (Lipinski definition) is 2. The van der Waals surface area contributed by atoms with Crippen LogP contribution in [0.4, 0.5) is 5.69 Å². The number of hydrazine groups is 1. The molecule has 0 atom stereocenters. The number of para-hydroxylation sites is 1. The van der Waals surface area contributed by atoms with Crippen LogP contribution >= 0.6 is 0 Å². The van der Waals surface area contributed by atoms with Gasteiger partial charge in [0.25, 0.3) is 0 Å². The van der Waals surface area contributed by atoms with E-state index in [1.165, 1.54) is 5.01 Å². The Bertz CT molecular complexity index is 332. The van der Waals surface area contributed by atoms with Crippen LogP contribution in [0, 0.1) is 0 Å². The van der Waals surface area contributed by atoms with Crippen molar-refractivity contribution in [3.63, 3.8) is 0 Å². The maximum atomic E-state index is 5.57. The molecule has 1 aromatic rings. The van der Waals surface area contributed by atoms with E-state index in [4.69, 9.17) is 11.6 Å². The standard InChI is InChI=1S/C8H10N4/c9-8-11-7-4-2-1-3-6(7)5-12(8)10/h1-4H,5,10H2,(H2,9,11). The van der Waals surface area contributed by atoms with Gasteiger partial charge in [-0.3, -0.25) is 5.01 Å². The average Bonchev–Trinajstić information content (AvgIpc) is 2.07. The smallest absolute Gasteiger partial charge is 0.211 e. The lowest BCUT2D eigenvalue weighted by atomic mass is 10.1. The third-order valence-electron chi connectivity index (χ3n) is 1.86. The normalized spacial score (nSPS) is 15.4. The van der Waals surface area contributed by atoms with Gasteiger partial charge in [0.05, 0.1) is 12.2 Å². The molecule has 4 nitrogen and oxygen atoms in total. The lowest BCUT2D eigenvalue weighted by Gasteiger charge is -2.22. The van der Waals surface area contributed by atoms with Crippen LogP contribution in [-0.4, -0.2) is 11.0 Å². The summed E-state index contributed by atoms with van der Waals surface area (Å²) < 4.78 is 0. The van der Waals surface area contributed by atoms with Gasteiger partial charge in [-0.2, -0.15) is 0 Å². The summed E-state index contributed by atoms with van der Waals surface area (Å²) in [7, 11) is 0. The first-order valence-corrected chi connectivity index (χ1v) is 3.71. The molecule has 0 aliphatic carbocycles. The number of rotatable bonds is 0. The van der Waals surface area contributed by atoms with Crippen LogP contribution in [0.3, 0.4) is 0 Å². The molecule has 1 aromatic carbocycles. The summed E-state index contributed by atoms with van der Waals surface area (Å²) in [5, 5.41) is 1.43. The van der Waals surface area contributed by atoms with Gasteiger partial charge in [-0.1, -0.05) is 18.2 Å². The summed E-state index contributed by atoms with van der Waals surface area (Å²) in [6.45, 7) is 0.630. The molecule has 12 heavy (non-hydrogen) atoms. The number of hydrogen-bond acceptors (Lipinski definition) is 4. The van der Waals surface area contributed by atoms with Crippen LogP contribution < -0.4 is 11.6 Å². The first kappa shape index (κ1) is 7.12. The van der Waals surface area contributed by atoms with Crippen LogP contribution in [0.1, 0.15) is 5.56 Å². The molecule has 4 N–H and O–H groups in total. The molecule has 0 spiro atoms. The Morgan fingerprint density at radius 2 is 2.08 bits per heavy atom. The Balaban J connectivity index is 2.49. The van der Waals surface area contributed by atoms with Crippen molar-refractivity contribution in [3.05, 3.63) is 29.8 Å². The summed E-state index contributed by atoms with van der Waals surface area (Å²) in [5.74, 6) is 5.94. The van der Waals surface area contributed by atoms with E-state index >= 15 is 0 Å². The van der Waals surface area contributed by atoms with E-state index in [1.54, 1.807) is 0 Å². The van der Waals surface area contributed by atoms with Gasteiger partial charge in [0.15, 0.2) is 0 Å². The molecule has 1 aliphatic heterocycles. The van der Waals surface area contributed by atoms with Gasteiger partial charge in [-0.15, -0.1) is 0 Å². The van der Waals surface area contributed by atoms with Gasteiger partial charge in [-0.25, -0.2) is 10.8 Å². The fraction of sp³-hybridized carbons (Fsp3) is 0.125. The van der Waals surface area contributed by atoms with E-state index in [0.29, 0.717) is 12.5 Å². The highest BCUT2D eigenvalue weighted by Gasteiger charge is 2.12. The maximum absolute atomic E-state index is 5.57. The first-order valence-electron chi connectivity index (χ1n) is 3.71. The molecule has 62 valence electrons. The van der Waals surface area contributed by atoms with Crippen LogP contribution in [-0.2, 0) is 6.54 Å². The summed E-state index contributed by atoms with van der Waals surface area (Å²) in [6.07, 6.45) is 0. The van der Waals surface area contributed by atoms with Gasteiger partial charge in [0.1, 0.15) is 0 Å². The van der Waals surface area contributed by atoms with Crippen LogP contribution in [0.5, 0.6) is 0 Å². The van der Waals surface area contributed by atoms with E-state index in [0.717, 1.165) is 11.3 Å². The van der Waals surface area contributed by atoms with Crippen molar-refractivity contribution in [2.24, 2.45) is 16.6 Å². The minimum absolute atomic E-state index is 0.369. The van der Waals surface area contributed by atoms with Gasteiger partial charge in [-0.05, 0) is 11.6 Å². The van der Waals surface area contributed by atoms with E-state index in [9.17, 15) is 0 Å². The molecule has 4 heteroatoms. The Morgan fingerprint density at radius 3 is 2.92 bits per heavy atom. The minimum Gasteiger partial charge on any atom is -0.368 e. The second kappa shape index (κ2) is 2.49. The number of guanidine groups is 1.